The van der Waals surface area contributed by atoms with Gasteiger partial charge < -0.3 is 4.98 Å². The molecule has 3 aromatic rings. The number of imidazole rings is 1. The highest BCUT2D eigenvalue weighted by Gasteiger charge is 2.13. The topological polar surface area (TPSA) is 28.7 Å². The normalized spacial score (nSPS) is 11.2. The number of nitrogens with zero attached hydrogens (tertiary/aromatic N) is 1. The molecule has 1 N–H and O–H groups in total. The molecule has 0 fully saturated rings. The summed E-state index contributed by atoms with van der Waals surface area (Å²) in [6, 6.07) is 9.30. The van der Waals surface area contributed by atoms with Crippen molar-refractivity contribution < 1.29 is 4.39 Å². The minimum atomic E-state index is -0.295. The number of aryl methyl sites for hydroxylation is 2. The maximum absolute atomic E-state index is 14.1. The van der Waals surface area contributed by atoms with E-state index in [9.17, 15) is 4.39 Å². The number of nitrogens with one attached hydrogen (secondary N) is 1. The molecule has 0 unspecified atom stereocenters. The first kappa shape index (κ1) is 12.4. The lowest BCUT2D eigenvalue weighted by Crippen LogP contribution is -1.87. The molecule has 2 aromatic carbocycles. The monoisotopic (exact) mass is 318 g/mol. The molecule has 19 heavy (non-hydrogen) atoms. The first-order chi connectivity index (χ1) is 9.06. The zero-order valence-electron chi connectivity index (χ0n) is 10.6. The molecule has 1 heterocycles. The molecule has 0 aliphatic rings. The van der Waals surface area contributed by atoms with Gasteiger partial charge in [-0.1, -0.05) is 12.1 Å². The molecular formula is C15H12BrFN2. The minimum Gasteiger partial charge on any atom is -0.338 e. The molecule has 4 heteroatoms. The lowest BCUT2D eigenvalue weighted by Gasteiger charge is -2.00. The van der Waals surface area contributed by atoms with Crippen molar-refractivity contribution in [3.63, 3.8) is 0 Å². The molecule has 0 saturated carbocycles. The van der Waals surface area contributed by atoms with E-state index in [1.54, 1.807) is 18.2 Å². The Labute approximate surface area is 118 Å². The van der Waals surface area contributed by atoms with Crippen molar-refractivity contribution in [3.8, 4) is 11.4 Å². The number of rotatable bonds is 1. The molecule has 0 bridgehead atoms. The van der Waals surface area contributed by atoms with Crippen molar-refractivity contribution in [1.82, 2.24) is 9.97 Å². The second-order valence-electron chi connectivity index (χ2n) is 4.66. The number of aromatic amines is 1. The SMILES string of the molecule is Cc1cc(C)c2nc(-c3cccc(Br)c3F)[nH]c2c1. The highest BCUT2D eigenvalue weighted by Crippen LogP contribution is 2.28. The van der Waals surface area contributed by atoms with E-state index in [4.69, 9.17) is 0 Å². The number of hydrogen-bond acceptors (Lipinski definition) is 1. The maximum atomic E-state index is 14.1. The molecule has 3 rings (SSSR count). The summed E-state index contributed by atoms with van der Waals surface area (Å²) < 4.78 is 14.5. The summed E-state index contributed by atoms with van der Waals surface area (Å²) >= 11 is 3.20. The number of benzene rings is 2. The van der Waals surface area contributed by atoms with Crippen LogP contribution in [0.3, 0.4) is 0 Å². The lowest BCUT2D eigenvalue weighted by atomic mass is 10.1. The van der Waals surface area contributed by atoms with Crippen LogP contribution in [0.2, 0.25) is 0 Å². The van der Waals surface area contributed by atoms with Crippen LogP contribution in [0.15, 0.2) is 34.8 Å². The quantitative estimate of drug-likeness (QED) is 0.689. The van der Waals surface area contributed by atoms with Crippen LogP contribution in [0.25, 0.3) is 22.4 Å². The molecular weight excluding hydrogens is 307 g/mol. The van der Waals surface area contributed by atoms with E-state index in [1.165, 1.54) is 0 Å². The number of aromatic nitrogens is 2. The molecule has 0 aliphatic heterocycles. The zero-order chi connectivity index (χ0) is 13.6. The largest absolute Gasteiger partial charge is 0.338 e. The average Bonchev–Trinajstić information content (AvgIpc) is 2.76. The second kappa shape index (κ2) is 4.46. The highest BCUT2D eigenvalue weighted by molar-refractivity contribution is 9.10. The van der Waals surface area contributed by atoms with Gasteiger partial charge in [0.15, 0.2) is 0 Å². The van der Waals surface area contributed by atoms with Crippen LogP contribution in [0.5, 0.6) is 0 Å². The molecule has 0 aliphatic carbocycles. The maximum Gasteiger partial charge on any atom is 0.148 e. The third kappa shape index (κ3) is 2.06. The summed E-state index contributed by atoms with van der Waals surface area (Å²) in [4.78, 5) is 7.70. The smallest absolute Gasteiger partial charge is 0.148 e. The predicted molar refractivity (Wildman–Crippen MR) is 78.7 cm³/mol. The first-order valence-electron chi connectivity index (χ1n) is 5.97. The summed E-state index contributed by atoms with van der Waals surface area (Å²) in [6.07, 6.45) is 0. The fraction of sp³-hybridized carbons (Fsp3) is 0.133. The first-order valence-corrected chi connectivity index (χ1v) is 6.77. The number of fused-ring (bicyclic) bond motifs is 1. The number of hydrogen-bond donors (Lipinski definition) is 1. The van der Waals surface area contributed by atoms with E-state index in [0.717, 1.165) is 22.2 Å². The van der Waals surface area contributed by atoms with Crippen LogP contribution >= 0.6 is 15.9 Å². The Morgan fingerprint density at radius 3 is 2.79 bits per heavy atom. The van der Waals surface area contributed by atoms with Crippen LogP contribution < -0.4 is 0 Å². The van der Waals surface area contributed by atoms with Crippen LogP contribution in [-0.4, -0.2) is 9.97 Å². The van der Waals surface area contributed by atoms with Gasteiger partial charge in [-0.15, -0.1) is 0 Å². The van der Waals surface area contributed by atoms with Gasteiger partial charge in [0, 0.05) is 0 Å². The van der Waals surface area contributed by atoms with E-state index >= 15 is 0 Å². The van der Waals surface area contributed by atoms with Crippen molar-refractivity contribution in [2.24, 2.45) is 0 Å². The third-order valence-corrected chi connectivity index (χ3v) is 3.74. The van der Waals surface area contributed by atoms with Gasteiger partial charge in [-0.25, -0.2) is 9.37 Å². The van der Waals surface area contributed by atoms with Gasteiger partial charge in [0.1, 0.15) is 11.6 Å². The fourth-order valence-electron chi connectivity index (χ4n) is 2.29. The van der Waals surface area contributed by atoms with E-state index in [0.29, 0.717) is 15.9 Å². The summed E-state index contributed by atoms with van der Waals surface area (Å²) in [6.45, 7) is 4.05. The van der Waals surface area contributed by atoms with E-state index in [-0.39, 0.29) is 5.82 Å². The van der Waals surface area contributed by atoms with Crippen LogP contribution in [-0.2, 0) is 0 Å². The Morgan fingerprint density at radius 1 is 1.21 bits per heavy atom. The fourth-order valence-corrected chi connectivity index (χ4v) is 2.65. The van der Waals surface area contributed by atoms with Crippen molar-refractivity contribution in [2.75, 3.05) is 0 Å². The van der Waals surface area contributed by atoms with Crippen LogP contribution in [0.4, 0.5) is 4.39 Å². The van der Waals surface area contributed by atoms with E-state index in [2.05, 4.69) is 32.0 Å². The Hall–Kier alpha value is -1.68. The molecule has 0 saturated heterocycles. The summed E-state index contributed by atoms with van der Waals surface area (Å²) in [5, 5.41) is 0. The molecule has 2 nitrogen and oxygen atoms in total. The van der Waals surface area contributed by atoms with Gasteiger partial charge in [-0.3, -0.25) is 0 Å². The van der Waals surface area contributed by atoms with Gasteiger partial charge in [-0.2, -0.15) is 0 Å². The van der Waals surface area contributed by atoms with Gasteiger partial charge in [0.2, 0.25) is 0 Å². The van der Waals surface area contributed by atoms with Crippen molar-refractivity contribution >= 4 is 27.0 Å². The molecule has 0 spiro atoms. The summed E-state index contributed by atoms with van der Waals surface area (Å²) in [7, 11) is 0. The van der Waals surface area contributed by atoms with Gasteiger partial charge in [-0.05, 0) is 59.1 Å². The highest BCUT2D eigenvalue weighted by atomic mass is 79.9. The van der Waals surface area contributed by atoms with E-state index < -0.39 is 0 Å². The van der Waals surface area contributed by atoms with Crippen LogP contribution in [0, 0.1) is 19.7 Å². The van der Waals surface area contributed by atoms with Crippen molar-refractivity contribution in [3.05, 3.63) is 51.7 Å². The van der Waals surface area contributed by atoms with E-state index in [1.807, 2.05) is 19.9 Å². The molecule has 96 valence electrons. The minimum absolute atomic E-state index is 0.295. The zero-order valence-corrected chi connectivity index (χ0v) is 12.2. The Bertz CT molecular complexity index is 777. The molecule has 0 atom stereocenters. The number of halogens is 2. The summed E-state index contributed by atoms with van der Waals surface area (Å²) in [5.41, 5.74) is 4.55. The Kier molecular flexibility index (Phi) is 2.90. The Morgan fingerprint density at radius 2 is 2.00 bits per heavy atom. The second-order valence-corrected chi connectivity index (χ2v) is 5.52. The lowest BCUT2D eigenvalue weighted by molar-refractivity contribution is 0.623. The van der Waals surface area contributed by atoms with Crippen LogP contribution in [0.1, 0.15) is 11.1 Å². The summed E-state index contributed by atoms with van der Waals surface area (Å²) in [5.74, 6) is 0.262. The van der Waals surface area contributed by atoms with Gasteiger partial charge in [0.05, 0.1) is 21.1 Å². The third-order valence-electron chi connectivity index (χ3n) is 3.13. The average molecular weight is 319 g/mol. The Balaban J connectivity index is 2.26. The standard InChI is InChI=1S/C15H12BrFN2/c1-8-6-9(2)14-12(7-8)18-15(19-14)10-4-3-5-11(16)13(10)17/h3-7H,1-2H3,(H,18,19). The van der Waals surface area contributed by atoms with Gasteiger partial charge >= 0.3 is 0 Å². The van der Waals surface area contributed by atoms with Crippen molar-refractivity contribution in [2.45, 2.75) is 13.8 Å². The van der Waals surface area contributed by atoms with Gasteiger partial charge in [0.25, 0.3) is 0 Å². The van der Waals surface area contributed by atoms with Crippen molar-refractivity contribution in [1.29, 1.82) is 0 Å². The molecule has 0 radical (unpaired) electrons. The number of H-pyrrole nitrogens is 1. The predicted octanol–water partition coefficient (Wildman–Crippen LogP) is 4.75. The molecule has 1 aromatic heterocycles. The molecule has 0 amide bonds.